The van der Waals surface area contributed by atoms with Crippen molar-refractivity contribution in [2.45, 2.75) is 32.1 Å². The van der Waals surface area contributed by atoms with Gasteiger partial charge in [0.05, 0.1) is 0 Å². The fraction of sp³-hybridized carbons (Fsp3) is 0.312. The predicted molar refractivity (Wildman–Crippen MR) is 78.0 cm³/mol. The van der Waals surface area contributed by atoms with Crippen molar-refractivity contribution in [3.63, 3.8) is 0 Å². The molecule has 0 fully saturated rings. The van der Waals surface area contributed by atoms with E-state index in [1.807, 2.05) is 0 Å². The van der Waals surface area contributed by atoms with Crippen molar-refractivity contribution >= 4 is 32.5 Å². The highest BCUT2D eigenvalue weighted by atomic mass is 79.9. The Labute approximate surface area is 115 Å². The monoisotopic (exact) mass is 302 g/mol. The third kappa shape index (κ3) is 1.89. The molecule has 2 aromatic rings. The molecule has 0 heterocycles. The van der Waals surface area contributed by atoms with Crippen LogP contribution in [0.1, 0.15) is 36.8 Å². The average molecular weight is 303 g/mol. The summed E-state index contributed by atoms with van der Waals surface area (Å²) in [4.78, 5) is 11.8. The number of carbonyl (C=O) groups excluding carboxylic acids is 1. The third-order valence-electron chi connectivity index (χ3n) is 3.89. The van der Waals surface area contributed by atoms with Crippen LogP contribution in [0.3, 0.4) is 0 Å². The van der Waals surface area contributed by atoms with Gasteiger partial charge in [0.1, 0.15) is 5.78 Å². The normalized spacial score (nSPS) is 18.7. The Kier molecular flexibility index (Phi) is 2.98. The van der Waals surface area contributed by atoms with Gasteiger partial charge in [-0.15, -0.1) is 0 Å². The average Bonchev–Trinajstić information content (AvgIpc) is 2.36. The molecule has 0 saturated carbocycles. The standard InChI is InChI=1S/C16H15BrO/c1-10(18)13-6-2-4-11-8-12-5-3-7-16(17)15(12)9-14(11)13/h3,5,7-9,13H,2,4,6H2,1H3. The van der Waals surface area contributed by atoms with E-state index in [0.29, 0.717) is 5.78 Å². The first-order valence-corrected chi connectivity index (χ1v) is 7.17. The summed E-state index contributed by atoms with van der Waals surface area (Å²) >= 11 is 3.60. The fourth-order valence-corrected chi connectivity index (χ4v) is 3.46. The molecule has 1 nitrogen and oxygen atoms in total. The number of rotatable bonds is 1. The lowest BCUT2D eigenvalue weighted by atomic mass is 9.80. The van der Waals surface area contributed by atoms with Gasteiger partial charge in [-0.25, -0.2) is 0 Å². The van der Waals surface area contributed by atoms with Gasteiger partial charge in [0.25, 0.3) is 0 Å². The lowest BCUT2D eigenvalue weighted by molar-refractivity contribution is -0.118. The Morgan fingerprint density at radius 1 is 1.33 bits per heavy atom. The molecule has 0 saturated heterocycles. The molecule has 1 atom stereocenters. The molecule has 2 heteroatoms. The molecule has 0 bridgehead atoms. The van der Waals surface area contributed by atoms with Gasteiger partial charge in [-0.2, -0.15) is 0 Å². The van der Waals surface area contributed by atoms with Crippen LogP contribution >= 0.6 is 15.9 Å². The molecule has 0 radical (unpaired) electrons. The van der Waals surface area contributed by atoms with E-state index in [2.05, 4.69) is 46.3 Å². The Morgan fingerprint density at radius 3 is 2.94 bits per heavy atom. The smallest absolute Gasteiger partial charge is 0.137 e. The largest absolute Gasteiger partial charge is 0.299 e. The van der Waals surface area contributed by atoms with Crippen molar-refractivity contribution in [3.05, 3.63) is 45.9 Å². The van der Waals surface area contributed by atoms with Crippen molar-refractivity contribution < 1.29 is 4.79 Å². The molecule has 0 aliphatic heterocycles. The van der Waals surface area contributed by atoms with Crippen molar-refractivity contribution in [1.82, 2.24) is 0 Å². The van der Waals surface area contributed by atoms with E-state index < -0.39 is 0 Å². The molecule has 92 valence electrons. The molecular weight excluding hydrogens is 288 g/mol. The maximum atomic E-state index is 11.8. The first-order valence-electron chi connectivity index (χ1n) is 6.38. The summed E-state index contributed by atoms with van der Waals surface area (Å²) in [5.74, 6) is 0.396. The fourth-order valence-electron chi connectivity index (χ4n) is 2.97. The highest BCUT2D eigenvalue weighted by Crippen LogP contribution is 2.36. The van der Waals surface area contributed by atoms with E-state index in [0.717, 1.165) is 23.7 Å². The number of ketones is 1. The van der Waals surface area contributed by atoms with E-state index >= 15 is 0 Å². The zero-order valence-corrected chi connectivity index (χ0v) is 12.0. The highest BCUT2D eigenvalue weighted by molar-refractivity contribution is 9.10. The lowest BCUT2D eigenvalue weighted by Crippen LogP contribution is -2.16. The van der Waals surface area contributed by atoms with Crippen LogP contribution in [0, 0.1) is 0 Å². The minimum Gasteiger partial charge on any atom is -0.299 e. The number of hydrogen-bond donors (Lipinski definition) is 0. The summed E-state index contributed by atoms with van der Waals surface area (Å²) in [6.07, 6.45) is 3.22. The summed E-state index contributed by atoms with van der Waals surface area (Å²) in [6.45, 7) is 1.71. The summed E-state index contributed by atoms with van der Waals surface area (Å²) in [6, 6.07) is 10.7. The molecule has 0 spiro atoms. The van der Waals surface area contributed by atoms with E-state index in [1.165, 1.54) is 21.9 Å². The Balaban J connectivity index is 2.26. The molecular formula is C16H15BrO. The van der Waals surface area contributed by atoms with Gasteiger partial charge >= 0.3 is 0 Å². The van der Waals surface area contributed by atoms with E-state index in [9.17, 15) is 4.79 Å². The van der Waals surface area contributed by atoms with Gasteiger partial charge in [0.2, 0.25) is 0 Å². The van der Waals surface area contributed by atoms with Gasteiger partial charge in [-0.1, -0.05) is 34.1 Å². The van der Waals surface area contributed by atoms with E-state index in [4.69, 9.17) is 0 Å². The second kappa shape index (κ2) is 4.51. The van der Waals surface area contributed by atoms with Crippen LogP contribution in [0.5, 0.6) is 0 Å². The minimum atomic E-state index is 0.102. The Morgan fingerprint density at radius 2 is 2.17 bits per heavy atom. The molecule has 0 amide bonds. The zero-order chi connectivity index (χ0) is 12.7. The topological polar surface area (TPSA) is 17.1 Å². The minimum absolute atomic E-state index is 0.102. The van der Waals surface area contributed by atoms with Crippen molar-refractivity contribution in [1.29, 1.82) is 0 Å². The number of carbonyl (C=O) groups is 1. The summed E-state index contributed by atoms with van der Waals surface area (Å²) in [5.41, 5.74) is 2.60. The van der Waals surface area contributed by atoms with Gasteiger partial charge in [0, 0.05) is 10.4 Å². The third-order valence-corrected chi connectivity index (χ3v) is 4.58. The summed E-state index contributed by atoms with van der Waals surface area (Å²) in [5, 5.41) is 2.47. The maximum absolute atomic E-state index is 11.8. The Hall–Kier alpha value is -1.15. The van der Waals surface area contributed by atoms with Crippen LogP contribution in [-0.4, -0.2) is 5.78 Å². The van der Waals surface area contributed by atoms with Crippen LogP contribution in [0.2, 0.25) is 0 Å². The van der Waals surface area contributed by atoms with Crippen molar-refractivity contribution in [2.75, 3.05) is 0 Å². The first-order chi connectivity index (χ1) is 8.66. The molecule has 18 heavy (non-hydrogen) atoms. The van der Waals surface area contributed by atoms with Crippen molar-refractivity contribution in [3.8, 4) is 0 Å². The maximum Gasteiger partial charge on any atom is 0.137 e. The van der Waals surface area contributed by atoms with E-state index in [-0.39, 0.29) is 5.92 Å². The molecule has 1 unspecified atom stereocenters. The highest BCUT2D eigenvalue weighted by Gasteiger charge is 2.24. The van der Waals surface area contributed by atoms with Gasteiger partial charge in [0.15, 0.2) is 0 Å². The lowest BCUT2D eigenvalue weighted by Gasteiger charge is -2.24. The molecule has 0 N–H and O–H groups in total. The van der Waals surface area contributed by atoms with Crippen LogP contribution in [0.15, 0.2) is 34.8 Å². The van der Waals surface area contributed by atoms with Crippen LogP contribution in [-0.2, 0) is 11.2 Å². The van der Waals surface area contributed by atoms with Crippen molar-refractivity contribution in [2.24, 2.45) is 0 Å². The second-order valence-electron chi connectivity index (χ2n) is 5.07. The summed E-state index contributed by atoms with van der Waals surface area (Å²) in [7, 11) is 0. The molecule has 1 aliphatic rings. The number of hydrogen-bond acceptors (Lipinski definition) is 1. The molecule has 3 rings (SSSR count). The van der Waals surface area contributed by atoms with Gasteiger partial charge in [-0.05, 0) is 60.2 Å². The number of halogens is 1. The van der Waals surface area contributed by atoms with E-state index in [1.54, 1.807) is 6.92 Å². The number of Topliss-reactive ketones (excluding diaryl/α,β-unsaturated/α-hetero) is 1. The van der Waals surface area contributed by atoms with Gasteiger partial charge < -0.3 is 0 Å². The SMILES string of the molecule is CC(=O)C1CCCc2cc3cccc(Br)c3cc21. The van der Waals surface area contributed by atoms with Gasteiger partial charge in [-0.3, -0.25) is 4.79 Å². The van der Waals surface area contributed by atoms with Crippen LogP contribution < -0.4 is 0 Å². The number of fused-ring (bicyclic) bond motifs is 2. The first kappa shape index (κ1) is 11.9. The molecule has 1 aliphatic carbocycles. The second-order valence-corrected chi connectivity index (χ2v) is 5.92. The molecule has 0 aromatic heterocycles. The molecule has 2 aromatic carbocycles. The Bertz CT molecular complexity index is 630. The van der Waals surface area contributed by atoms with Crippen LogP contribution in [0.25, 0.3) is 10.8 Å². The quantitative estimate of drug-likeness (QED) is 0.752. The zero-order valence-electron chi connectivity index (χ0n) is 10.4. The number of benzene rings is 2. The predicted octanol–water partition coefficient (Wildman–Crippen LogP) is 4.61. The summed E-state index contributed by atoms with van der Waals surface area (Å²) < 4.78 is 1.11. The number of aryl methyl sites for hydroxylation is 1. The van der Waals surface area contributed by atoms with Crippen LogP contribution in [0.4, 0.5) is 0 Å².